The van der Waals surface area contributed by atoms with Gasteiger partial charge in [-0.2, -0.15) is 5.10 Å². The summed E-state index contributed by atoms with van der Waals surface area (Å²) in [5, 5.41) is 5.09. The standard InChI is InChI=1S/C17H20Cl2N6.C6H14.C3H8.C2H6.CH5N/c1-12(23-20)16(13-2-4-21-5-3-13)24-6-8-25(9-7-24)17-14(18)10-22-11-15(17)19;1-3-5-6-4-2;1-3-2;2*1-2/h2-5,10-11,16H,6-9,20H2,1H3;3-6H2,1-2H3;3H2,1-2H3;1-2H3;2H2,1H3/b23-12+;;;;. The van der Waals surface area contributed by atoms with Crippen LogP contribution in [0.15, 0.2) is 42.0 Å². The number of anilines is 1. The molecule has 2 aromatic heterocycles. The lowest BCUT2D eigenvalue weighted by molar-refractivity contribution is 0.228. The van der Waals surface area contributed by atoms with Gasteiger partial charge < -0.3 is 16.5 Å². The lowest BCUT2D eigenvalue weighted by Crippen LogP contribution is -2.49. The Hall–Kier alpha value is -1.93. The average molecular weight is 571 g/mol. The Morgan fingerprint density at radius 2 is 1.34 bits per heavy atom. The molecule has 1 unspecified atom stereocenters. The van der Waals surface area contributed by atoms with Crippen molar-refractivity contribution < 1.29 is 0 Å². The van der Waals surface area contributed by atoms with Crippen LogP contribution >= 0.6 is 23.2 Å². The van der Waals surface area contributed by atoms with Crippen molar-refractivity contribution in [2.24, 2.45) is 16.7 Å². The van der Waals surface area contributed by atoms with Gasteiger partial charge in [-0.05, 0) is 31.7 Å². The maximum atomic E-state index is 6.29. The molecule has 9 heteroatoms. The Kier molecular flexibility index (Phi) is 25.5. The van der Waals surface area contributed by atoms with Crippen LogP contribution in [0.25, 0.3) is 0 Å². The zero-order chi connectivity index (χ0) is 29.3. The van der Waals surface area contributed by atoms with Gasteiger partial charge >= 0.3 is 0 Å². The maximum Gasteiger partial charge on any atom is 0.0838 e. The zero-order valence-electron chi connectivity index (χ0n) is 25.1. The number of pyridine rings is 2. The number of piperazine rings is 1. The quantitative estimate of drug-likeness (QED) is 0.154. The van der Waals surface area contributed by atoms with Crippen molar-refractivity contribution >= 4 is 34.6 Å². The SMILES string of the molecule is C/C(=N\N)C(c1ccncc1)N1CCN(c2c(Cl)cncc2Cl)CC1.CC.CCC.CCCCCC.CN. The number of hydrogen-bond acceptors (Lipinski definition) is 7. The van der Waals surface area contributed by atoms with Gasteiger partial charge in [0.2, 0.25) is 0 Å². The summed E-state index contributed by atoms with van der Waals surface area (Å²) >= 11 is 12.6. The second-order valence-corrected chi connectivity index (χ2v) is 9.16. The summed E-state index contributed by atoms with van der Waals surface area (Å²) in [5.41, 5.74) is 7.36. The van der Waals surface area contributed by atoms with Gasteiger partial charge in [-0.1, -0.05) is 96.8 Å². The van der Waals surface area contributed by atoms with E-state index in [1.54, 1.807) is 24.8 Å². The number of hydrazone groups is 1. The minimum atomic E-state index is 0.0403. The van der Waals surface area contributed by atoms with E-state index in [1.165, 1.54) is 39.2 Å². The highest BCUT2D eigenvalue weighted by atomic mass is 35.5. The topological polar surface area (TPSA) is 96.7 Å². The molecule has 1 fully saturated rings. The van der Waals surface area contributed by atoms with Crippen LogP contribution < -0.4 is 16.5 Å². The van der Waals surface area contributed by atoms with E-state index in [4.69, 9.17) is 29.0 Å². The highest BCUT2D eigenvalue weighted by Gasteiger charge is 2.28. The molecule has 4 N–H and O–H groups in total. The molecule has 1 atom stereocenters. The van der Waals surface area contributed by atoms with Crippen molar-refractivity contribution in [1.29, 1.82) is 0 Å². The molecule has 0 saturated carbocycles. The summed E-state index contributed by atoms with van der Waals surface area (Å²) < 4.78 is 0. The van der Waals surface area contributed by atoms with E-state index in [0.717, 1.165) is 43.1 Å². The molecule has 1 aliphatic rings. The van der Waals surface area contributed by atoms with Gasteiger partial charge in [-0.3, -0.25) is 14.9 Å². The normalized spacial score (nSPS) is 13.8. The first kappa shape index (κ1) is 38.2. The van der Waals surface area contributed by atoms with E-state index in [2.05, 4.69) is 58.3 Å². The van der Waals surface area contributed by atoms with Gasteiger partial charge in [-0.25, -0.2) is 0 Å². The van der Waals surface area contributed by atoms with E-state index in [9.17, 15) is 0 Å². The van der Waals surface area contributed by atoms with Crippen molar-refractivity contribution in [3.63, 3.8) is 0 Å². The smallest absolute Gasteiger partial charge is 0.0838 e. The first-order chi connectivity index (χ1) is 18.4. The minimum Gasteiger partial charge on any atom is -0.366 e. The first-order valence-corrected chi connectivity index (χ1v) is 14.7. The largest absolute Gasteiger partial charge is 0.366 e. The lowest BCUT2D eigenvalue weighted by atomic mass is 10.0. The average Bonchev–Trinajstić information content (AvgIpc) is 2.96. The fourth-order valence-corrected chi connectivity index (χ4v) is 4.35. The Morgan fingerprint density at radius 3 is 1.74 bits per heavy atom. The van der Waals surface area contributed by atoms with Crippen LogP contribution in [0.3, 0.4) is 0 Å². The lowest BCUT2D eigenvalue weighted by Gasteiger charge is -2.40. The molecule has 0 spiro atoms. The first-order valence-electron chi connectivity index (χ1n) is 13.9. The van der Waals surface area contributed by atoms with Crippen LogP contribution in [-0.2, 0) is 0 Å². The maximum absolute atomic E-state index is 6.29. The molecule has 0 aromatic carbocycles. The molecular weight excluding hydrogens is 517 g/mol. The summed E-state index contributed by atoms with van der Waals surface area (Å²) in [6.45, 7) is 18.0. The van der Waals surface area contributed by atoms with Crippen molar-refractivity contribution in [3.05, 3.63) is 52.5 Å². The molecule has 38 heavy (non-hydrogen) atoms. The summed E-state index contributed by atoms with van der Waals surface area (Å²) in [6, 6.07) is 4.04. The van der Waals surface area contributed by atoms with Crippen LogP contribution in [0.5, 0.6) is 0 Å². The number of unbranched alkanes of at least 4 members (excludes halogenated alkanes) is 3. The van der Waals surface area contributed by atoms with E-state index in [1.807, 2.05) is 32.9 Å². The molecule has 218 valence electrons. The number of nitrogens with zero attached hydrogens (tertiary/aromatic N) is 5. The van der Waals surface area contributed by atoms with E-state index >= 15 is 0 Å². The number of aromatic nitrogens is 2. The van der Waals surface area contributed by atoms with Crippen molar-refractivity contribution in [3.8, 4) is 0 Å². The molecular formula is C29H53Cl2N7. The third kappa shape index (κ3) is 14.3. The molecule has 0 bridgehead atoms. The molecule has 1 aliphatic heterocycles. The van der Waals surface area contributed by atoms with E-state index in [0.29, 0.717) is 10.0 Å². The van der Waals surface area contributed by atoms with Gasteiger partial charge in [0.1, 0.15) is 0 Å². The zero-order valence-corrected chi connectivity index (χ0v) is 26.6. The molecule has 0 aliphatic carbocycles. The van der Waals surface area contributed by atoms with Crippen molar-refractivity contribution in [2.75, 3.05) is 38.1 Å². The summed E-state index contributed by atoms with van der Waals surface area (Å²) in [4.78, 5) is 12.7. The highest BCUT2D eigenvalue weighted by Crippen LogP contribution is 2.34. The molecule has 3 heterocycles. The Bertz CT molecular complexity index is 803. The second-order valence-electron chi connectivity index (χ2n) is 8.34. The van der Waals surface area contributed by atoms with Crippen LogP contribution in [-0.4, -0.2) is 53.8 Å². The Balaban J connectivity index is 0. The van der Waals surface area contributed by atoms with Gasteiger partial charge in [0, 0.05) is 51.0 Å². The highest BCUT2D eigenvalue weighted by molar-refractivity contribution is 6.38. The molecule has 7 nitrogen and oxygen atoms in total. The van der Waals surface area contributed by atoms with Crippen LogP contribution in [0.4, 0.5) is 5.69 Å². The van der Waals surface area contributed by atoms with E-state index in [-0.39, 0.29) is 6.04 Å². The fraction of sp³-hybridized carbons (Fsp3) is 0.621. The van der Waals surface area contributed by atoms with Crippen molar-refractivity contribution in [1.82, 2.24) is 14.9 Å². The van der Waals surface area contributed by atoms with Gasteiger partial charge in [0.25, 0.3) is 0 Å². The monoisotopic (exact) mass is 569 g/mol. The van der Waals surface area contributed by atoms with Gasteiger partial charge in [0.15, 0.2) is 0 Å². The number of hydrogen-bond donors (Lipinski definition) is 2. The summed E-state index contributed by atoms with van der Waals surface area (Å²) in [6.07, 6.45) is 13.6. The Labute approximate surface area is 243 Å². The van der Waals surface area contributed by atoms with Crippen LogP contribution in [0.1, 0.15) is 92.2 Å². The Morgan fingerprint density at radius 1 is 0.895 bits per heavy atom. The molecule has 1 saturated heterocycles. The third-order valence-electron chi connectivity index (χ3n) is 5.40. The predicted octanol–water partition coefficient (Wildman–Crippen LogP) is 7.59. The third-order valence-corrected chi connectivity index (χ3v) is 5.96. The summed E-state index contributed by atoms with van der Waals surface area (Å²) in [5.74, 6) is 5.57. The number of nitrogens with two attached hydrogens (primary N) is 2. The van der Waals surface area contributed by atoms with Crippen LogP contribution in [0.2, 0.25) is 10.0 Å². The molecule has 2 aromatic rings. The predicted molar refractivity (Wildman–Crippen MR) is 170 cm³/mol. The van der Waals surface area contributed by atoms with E-state index < -0.39 is 0 Å². The molecule has 0 radical (unpaired) electrons. The van der Waals surface area contributed by atoms with Crippen molar-refractivity contribution in [2.45, 2.75) is 86.6 Å². The minimum absolute atomic E-state index is 0.0403. The summed E-state index contributed by atoms with van der Waals surface area (Å²) in [7, 11) is 1.50. The molecule has 3 rings (SSSR count). The number of halogens is 2. The number of rotatable bonds is 7. The molecule has 0 amide bonds. The van der Waals surface area contributed by atoms with Gasteiger partial charge in [0.05, 0.1) is 27.5 Å². The second kappa shape index (κ2) is 25.4. The fourth-order valence-electron chi connectivity index (χ4n) is 3.74. The van der Waals surface area contributed by atoms with Crippen LogP contribution in [0, 0.1) is 0 Å². The van der Waals surface area contributed by atoms with Gasteiger partial charge in [-0.15, -0.1) is 0 Å².